The molecule has 2 rings (SSSR count). The van der Waals surface area contributed by atoms with Crippen molar-refractivity contribution < 1.29 is 4.48 Å². The summed E-state index contributed by atoms with van der Waals surface area (Å²) in [6.45, 7) is 8.69. The van der Waals surface area contributed by atoms with Gasteiger partial charge in [-0.25, -0.2) is 0 Å². The van der Waals surface area contributed by atoms with Crippen LogP contribution in [0.3, 0.4) is 0 Å². The van der Waals surface area contributed by atoms with E-state index in [1.165, 1.54) is 42.5 Å². The predicted octanol–water partition coefficient (Wildman–Crippen LogP) is 3.21. The Morgan fingerprint density at radius 3 is 2.20 bits per heavy atom. The molecule has 1 aromatic carbocycles. The molecule has 0 unspecified atom stereocenters. The van der Waals surface area contributed by atoms with Crippen LogP contribution in [-0.2, 0) is 6.54 Å². The van der Waals surface area contributed by atoms with Gasteiger partial charge in [0.1, 0.15) is 6.54 Å². The SMILES string of the molecule is CC(C)[N+]1(Cc2ccccc2)CCCC1. The molecule has 0 N–H and O–H groups in total. The van der Waals surface area contributed by atoms with Crippen molar-refractivity contribution in [3.05, 3.63) is 35.9 Å². The summed E-state index contributed by atoms with van der Waals surface area (Å²) in [5.41, 5.74) is 1.49. The molecule has 1 nitrogen and oxygen atoms in total. The van der Waals surface area contributed by atoms with E-state index < -0.39 is 0 Å². The molecule has 0 atom stereocenters. The lowest BCUT2D eigenvalue weighted by atomic mass is 10.1. The van der Waals surface area contributed by atoms with Crippen LogP contribution in [0.5, 0.6) is 0 Å². The minimum Gasteiger partial charge on any atom is -0.318 e. The zero-order valence-corrected chi connectivity index (χ0v) is 9.95. The molecule has 1 aromatic rings. The summed E-state index contributed by atoms with van der Waals surface area (Å²) in [5, 5.41) is 0. The van der Waals surface area contributed by atoms with Crippen LogP contribution in [0, 0.1) is 0 Å². The summed E-state index contributed by atoms with van der Waals surface area (Å²) in [6.07, 6.45) is 2.82. The molecule has 1 heteroatoms. The molecule has 0 spiro atoms. The molecular formula is C14H22N+. The van der Waals surface area contributed by atoms with Gasteiger partial charge in [0.25, 0.3) is 0 Å². The number of hydrogen-bond donors (Lipinski definition) is 0. The van der Waals surface area contributed by atoms with Gasteiger partial charge in [0, 0.05) is 18.4 Å². The summed E-state index contributed by atoms with van der Waals surface area (Å²) in [5.74, 6) is 0. The van der Waals surface area contributed by atoms with Crippen molar-refractivity contribution in [3.8, 4) is 0 Å². The standard InChI is InChI=1S/C14H22N/c1-13(2)15(10-6-7-11-15)12-14-8-4-3-5-9-14/h3-5,8-9,13H,6-7,10-12H2,1-2H3/q+1. The fourth-order valence-electron chi connectivity index (χ4n) is 2.77. The van der Waals surface area contributed by atoms with Crippen molar-refractivity contribution in [2.24, 2.45) is 0 Å². The highest BCUT2D eigenvalue weighted by Crippen LogP contribution is 2.26. The first-order valence-electron chi connectivity index (χ1n) is 6.13. The zero-order valence-electron chi connectivity index (χ0n) is 9.95. The van der Waals surface area contributed by atoms with Crippen molar-refractivity contribution in [1.82, 2.24) is 0 Å². The second kappa shape index (κ2) is 4.36. The largest absolute Gasteiger partial charge is 0.318 e. The van der Waals surface area contributed by atoms with Gasteiger partial charge >= 0.3 is 0 Å². The third kappa shape index (κ3) is 2.23. The van der Waals surface area contributed by atoms with Gasteiger partial charge in [-0.3, -0.25) is 0 Å². The highest BCUT2D eigenvalue weighted by Gasteiger charge is 2.34. The van der Waals surface area contributed by atoms with E-state index in [4.69, 9.17) is 0 Å². The van der Waals surface area contributed by atoms with Gasteiger partial charge in [-0.15, -0.1) is 0 Å². The lowest BCUT2D eigenvalue weighted by molar-refractivity contribution is -0.949. The van der Waals surface area contributed by atoms with Crippen LogP contribution in [0.2, 0.25) is 0 Å². The maximum absolute atomic E-state index is 2.37. The van der Waals surface area contributed by atoms with E-state index in [1.54, 1.807) is 0 Å². The van der Waals surface area contributed by atoms with Crippen LogP contribution in [0.25, 0.3) is 0 Å². The number of nitrogens with zero attached hydrogens (tertiary/aromatic N) is 1. The minimum atomic E-state index is 0.757. The van der Waals surface area contributed by atoms with E-state index in [0.717, 1.165) is 6.04 Å². The van der Waals surface area contributed by atoms with E-state index >= 15 is 0 Å². The Labute approximate surface area is 93.3 Å². The second-order valence-corrected chi connectivity index (χ2v) is 5.11. The number of quaternary nitrogens is 1. The molecular weight excluding hydrogens is 182 g/mol. The van der Waals surface area contributed by atoms with E-state index in [-0.39, 0.29) is 0 Å². The minimum absolute atomic E-state index is 0.757. The molecule has 15 heavy (non-hydrogen) atoms. The Morgan fingerprint density at radius 2 is 1.67 bits per heavy atom. The molecule has 1 aliphatic heterocycles. The molecule has 0 radical (unpaired) electrons. The first-order valence-corrected chi connectivity index (χ1v) is 6.13. The Hall–Kier alpha value is -0.820. The van der Waals surface area contributed by atoms with Gasteiger partial charge < -0.3 is 4.48 Å². The molecule has 0 bridgehead atoms. The fraction of sp³-hybridized carbons (Fsp3) is 0.571. The van der Waals surface area contributed by atoms with Gasteiger partial charge in [-0.05, 0) is 13.8 Å². The molecule has 0 aromatic heterocycles. The molecule has 82 valence electrons. The molecule has 0 saturated carbocycles. The summed E-state index contributed by atoms with van der Waals surface area (Å²) in [4.78, 5) is 0. The summed E-state index contributed by atoms with van der Waals surface area (Å²) < 4.78 is 1.30. The summed E-state index contributed by atoms with van der Waals surface area (Å²) >= 11 is 0. The van der Waals surface area contributed by atoms with Crippen molar-refractivity contribution in [2.45, 2.75) is 39.3 Å². The second-order valence-electron chi connectivity index (χ2n) is 5.11. The van der Waals surface area contributed by atoms with Crippen LogP contribution < -0.4 is 0 Å². The first-order chi connectivity index (χ1) is 7.23. The Bertz CT molecular complexity index is 296. The van der Waals surface area contributed by atoms with Gasteiger partial charge in [-0.2, -0.15) is 0 Å². The summed E-state index contributed by atoms with van der Waals surface area (Å²) in [7, 11) is 0. The van der Waals surface area contributed by atoms with E-state index in [1.807, 2.05) is 0 Å². The topological polar surface area (TPSA) is 0 Å². The number of rotatable bonds is 3. The lowest BCUT2D eigenvalue weighted by Gasteiger charge is -2.38. The number of benzene rings is 1. The highest BCUT2D eigenvalue weighted by molar-refractivity contribution is 5.13. The van der Waals surface area contributed by atoms with Crippen molar-refractivity contribution >= 4 is 0 Å². The monoisotopic (exact) mass is 204 g/mol. The van der Waals surface area contributed by atoms with E-state index in [9.17, 15) is 0 Å². The molecule has 0 aliphatic carbocycles. The van der Waals surface area contributed by atoms with Crippen LogP contribution in [0.15, 0.2) is 30.3 Å². The molecule has 1 saturated heterocycles. The maximum Gasteiger partial charge on any atom is 0.105 e. The number of hydrogen-bond acceptors (Lipinski definition) is 0. The van der Waals surface area contributed by atoms with Crippen molar-refractivity contribution in [2.75, 3.05) is 13.1 Å². The third-order valence-corrected chi connectivity index (χ3v) is 3.89. The van der Waals surface area contributed by atoms with Gasteiger partial charge in [0.2, 0.25) is 0 Å². The first kappa shape index (κ1) is 10.7. The smallest absolute Gasteiger partial charge is 0.105 e. The quantitative estimate of drug-likeness (QED) is 0.663. The molecule has 1 heterocycles. The van der Waals surface area contributed by atoms with Gasteiger partial charge in [0.05, 0.1) is 19.1 Å². The van der Waals surface area contributed by atoms with Gasteiger partial charge in [0.15, 0.2) is 0 Å². The average molecular weight is 204 g/mol. The Morgan fingerprint density at radius 1 is 1.07 bits per heavy atom. The number of likely N-dealkylation sites (tertiary alicyclic amines) is 1. The molecule has 1 fully saturated rings. The zero-order chi connectivity index (χ0) is 10.7. The van der Waals surface area contributed by atoms with Crippen molar-refractivity contribution in [1.29, 1.82) is 0 Å². The normalized spacial score (nSPS) is 19.7. The fourth-order valence-corrected chi connectivity index (χ4v) is 2.77. The Kier molecular flexibility index (Phi) is 3.11. The lowest BCUT2D eigenvalue weighted by Crippen LogP contribution is -2.49. The predicted molar refractivity (Wildman–Crippen MR) is 64.5 cm³/mol. The van der Waals surface area contributed by atoms with Crippen molar-refractivity contribution in [3.63, 3.8) is 0 Å². The van der Waals surface area contributed by atoms with E-state index in [2.05, 4.69) is 44.2 Å². The maximum atomic E-state index is 2.37. The Balaban J connectivity index is 2.14. The van der Waals surface area contributed by atoms with Crippen LogP contribution >= 0.6 is 0 Å². The highest BCUT2D eigenvalue weighted by atomic mass is 15.4. The third-order valence-electron chi connectivity index (χ3n) is 3.89. The van der Waals surface area contributed by atoms with E-state index in [0.29, 0.717) is 0 Å². The van der Waals surface area contributed by atoms with Crippen LogP contribution in [0.4, 0.5) is 0 Å². The van der Waals surface area contributed by atoms with Crippen LogP contribution in [0.1, 0.15) is 32.3 Å². The van der Waals surface area contributed by atoms with Crippen LogP contribution in [-0.4, -0.2) is 23.6 Å². The molecule has 1 aliphatic rings. The summed E-state index contributed by atoms with van der Waals surface area (Å²) in [6, 6.07) is 11.7. The average Bonchev–Trinajstić information content (AvgIpc) is 2.69. The van der Waals surface area contributed by atoms with Gasteiger partial charge in [-0.1, -0.05) is 30.3 Å². The molecule has 0 amide bonds.